The van der Waals surface area contributed by atoms with Crippen molar-refractivity contribution in [2.75, 3.05) is 13.2 Å². The third kappa shape index (κ3) is 3.62. The summed E-state index contributed by atoms with van der Waals surface area (Å²) in [5, 5.41) is 0. The van der Waals surface area contributed by atoms with Gasteiger partial charge in [0.2, 0.25) is 5.91 Å². The highest BCUT2D eigenvalue weighted by molar-refractivity contribution is 5.93. The van der Waals surface area contributed by atoms with Crippen LogP contribution in [0.4, 0.5) is 0 Å². The maximum Gasteiger partial charge on any atom is 0.249 e. The Kier molecular flexibility index (Phi) is 5.13. The Morgan fingerprint density at radius 2 is 2.32 bits per heavy atom. The number of ether oxygens (including phenoxy) is 2. The summed E-state index contributed by atoms with van der Waals surface area (Å²) in [5.41, 5.74) is 2.04. The van der Waals surface area contributed by atoms with Crippen LogP contribution in [0.1, 0.15) is 44.1 Å². The smallest absolute Gasteiger partial charge is 0.249 e. The first-order valence-corrected chi connectivity index (χ1v) is 9.45. The van der Waals surface area contributed by atoms with Gasteiger partial charge in [-0.05, 0) is 50.2 Å². The van der Waals surface area contributed by atoms with Crippen molar-refractivity contribution in [3.63, 3.8) is 0 Å². The van der Waals surface area contributed by atoms with Gasteiger partial charge in [0.15, 0.2) is 0 Å². The predicted octanol–water partition coefficient (Wildman–Crippen LogP) is 2.86. The topological polar surface area (TPSA) is 51.7 Å². The fourth-order valence-corrected chi connectivity index (χ4v) is 4.25. The van der Waals surface area contributed by atoms with E-state index in [0.717, 1.165) is 43.2 Å². The van der Waals surface area contributed by atoms with Crippen LogP contribution in [0.3, 0.4) is 0 Å². The average Bonchev–Trinajstić information content (AvgIpc) is 2.96. The Labute approximate surface area is 149 Å². The third-order valence-corrected chi connectivity index (χ3v) is 5.55. The molecule has 2 bridgehead atoms. The number of fused-ring (bicyclic) bond motifs is 2. The zero-order valence-corrected chi connectivity index (χ0v) is 14.6. The molecular weight excluding hydrogens is 316 g/mol. The summed E-state index contributed by atoms with van der Waals surface area (Å²) in [6.45, 7) is 1.79. The van der Waals surface area contributed by atoms with E-state index in [4.69, 9.17) is 9.47 Å². The van der Waals surface area contributed by atoms with Crippen LogP contribution in [0, 0.1) is 0 Å². The van der Waals surface area contributed by atoms with Crippen LogP contribution < -0.4 is 0 Å². The minimum absolute atomic E-state index is 0.0455. The summed E-state index contributed by atoms with van der Waals surface area (Å²) >= 11 is 0. The van der Waals surface area contributed by atoms with Crippen molar-refractivity contribution in [2.24, 2.45) is 0 Å². The van der Waals surface area contributed by atoms with Gasteiger partial charge < -0.3 is 14.4 Å². The molecule has 2 heterocycles. The van der Waals surface area contributed by atoms with E-state index in [9.17, 15) is 4.79 Å². The summed E-state index contributed by atoms with van der Waals surface area (Å²) in [6, 6.07) is 4.06. The van der Waals surface area contributed by atoms with E-state index in [2.05, 4.69) is 11.1 Å². The van der Waals surface area contributed by atoms with Gasteiger partial charge in [0, 0.05) is 24.5 Å². The highest BCUT2D eigenvalue weighted by atomic mass is 16.5. The molecule has 25 heavy (non-hydrogen) atoms. The summed E-state index contributed by atoms with van der Waals surface area (Å²) in [4.78, 5) is 19.2. The zero-order chi connectivity index (χ0) is 17.1. The molecular formula is C20H26N2O3. The quantitative estimate of drug-likeness (QED) is 0.844. The van der Waals surface area contributed by atoms with Crippen LogP contribution in [0.15, 0.2) is 36.2 Å². The number of amides is 1. The van der Waals surface area contributed by atoms with Crippen molar-refractivity contribution >= 4 is 5.91 Å². The van der Waals surface area contributed by atoms with E-state index in [-0.39, 0.29) is 24.2 Å². The van der Waals surface area contributed by atoms with Gasteiger partial charge in [0.05, 0.1) is 25.4 Å². The summed E-state index contributed by atoms with van der Waals surface area (Å²) < 4.78 is 12.2. The van der Waals surface area contributed by atoms with Crippen LogP contribution in [0.5, 0.6) is 0 Å². The van der Waals surface area contributed by atoms with Gasteiger partial charge in [0.1, 0.15) is 6.10 Å². The molecule has 1 saturated heterocycles. The van der Waals surface area contributed by atoms with Crippen molar-refractivity contribution in [3.8, 4) is 0 Å². The number of pyridine rings is 1. The Balaban J connectivity index is 1.48. The minimum atomic E-state index is -0.0455. The second kappa shape index (κ2) is 7.67. The number of hydrogen-bond acceptors (Lipinski definition) is 4. The van der Waals surface area contributed by atoms with E-state index in [1.807, 2.05) is 23.2 Å². The maximum absolute atomic E-state index is 13.1. The molecule has 4 rings (SSSR count). The predicted molar refractivity (Wildman–Crippen MR) is 93.8 cm³/mol. The van der Waals surface area contributed by atoms with Crippen LogP contribution in [-0.2, 0) is 20.9 Å². The second-order valence-electron chi connectivity index (χ2n) is 7.16. The van der Waals surface area contributed by atoms with Crippen molar-refractivity contribution in [2.45, 2.75) is 63.4 Å². The number of carbonyl (C=O) groups excluding carboxylic acids is 1. The number of allylic oxidation sites excluding steroid dienone is 1. The molecule has 5 nitrogen and oxygen atoms in total. The maximum atomic E-state index is 13.1. The number of carbonyl (C=O) groups is 1. The molecule has 2 fully saturated rings. The van der Waals surface area contributed by atoms with E-state index in [0.29, 0.717) is 19.8 Å². The molecule has 0 radical (unpaired) electrons. The third-order valence-electron chi connectivity index (χ3n) is 5.55. The van der Waals surface area contributed by atoms with Gasteiger partial charge in [-0.15, -0.1) is 0 Å². The van der Waals surface area contributed by atoms with E-state index >= 15 is 0 Å². The lowest BCUT2D eigenvalue weighted by molar-refractivity contribution is -0.132. The molecule has 0 aromatic carbocycles. The van der Waals surface area contributed by atoms with Gasteiger partial charge in [-0.25, -0.2) is 0 Å². The van der Waals surface area contributed by atoms with Gasteiger partial charge in [-0.1, -0.05) is 12.1 Å². The average molecular weight is 342 g/mol. The highest BCUT2D eigenvalue weighted by Gasteiger charge is 2.45. The molecule has 1 amide bonds. The lowest BCUT2D eigenvalue weighted by Crippen LogP contribution is -2.47. The molecule has 1 aromatic rings. The lowest BCUT2D eigenvalue weighted by atomic mass is 9.97. The highest BCUT2D eigenvalue weighted by Crippen LogP contribution is 2.34. The van der Waals surface area contributed by atoms with Crippen molar-refractivity contribution in [1.29, 1.82) is 0 Å². The van der Waals surface area contributed by atoms with Crippen molar-refractivity contribution < 1.29 is 14.3 Å². The van der Waals surface area contributed by atoms with Crippen LogP contribution in [0.2, 0.25) is 0 Å². The number of nitrogens with zero attached hydrogens (tertiary/aromatic N) is 2. The minimum Gasteiger partial charge on any atom is -0.374 e. The lowest BCUT2D eigenvalue weighted by Gasteiger charge is -2.32. The Hall–Kier alpha value is -1.72. The van der Waals surface area contributed by atoms with E-state index in [1.54, 1.807) is 6.20 Å². The molecule has 0 spiro atoms. The Morgan fingerprint density at radius 3 is 3.12 bits per heavy atom. The molecule has 3 atom stereocenters. The van der Waals surface area contributed by atoms with Gasteiger partial charge in [0.25, 0.3) is 0 Å². The molecule has 1 saturated carbocycles. The zero-order valence-electron chi connectivity index (χ0n) is 14.6. The Bertz CT molecular complexity index is 631. The first kappa shape index (κ1) is 16.7. The molecule has 5 heteroatoms. The fourth-order valence-electron chi connectivity index (χ4n) is 4.25. The second-order valence-corrected chi connectivity index (χ2v) is 7.16. The summed E-state index contributed by atoms with van der Waals surface area (Å²) in [6.07, 6.45) is 12.0. The number of hydrogen-bond donors (Lipinski definition) is 0. The molecule has 134 valence electrons. The normalized spacial score (nSPS) is 29.2. The molecule has 3 aliphatic rings. The first-order chi connectivity index (χ1) is 12.3. The van der Waals surface area contributed by atoms with Gasteiger partial charge >= 0.3 is 0 Å². The number of aromatic nitrogens is 1. The van der Waals surface area contributed by atoms with E-state index in [1.165, 1.54) is 6.42 Å². The standard InChI is InChI=1S/C20H26N2O3/c23-20(16-6-2-1-3-7-16)22-11-12-24-18-9-8-17(22)19(18)25-14-15-5-4-10-21-13-15/h4-6,10,13,17-19H,1-3,7-9,11-12,14H2. The molecule has 2 aliphatic carbocycles. The van der Waals surface area contributed by atoms with Crippen LogP contribution in [0.25, 0.3) is 0 Å². The summed E-state index contributed by atoms with van der Waals surface area (Å²) in [5.74, 6) is 0.200. The molecule has 0 N–H and O–H groups in total. The van der Waals surface area contributed by atoms with Crippen molar-refractivity contribution in [3.05, 3.63) is 41.7 Å². The molecule has 1 aliphatic heterocycles. The fraction of sp³-hybridized carbons (Fsp3) is 0.600. The molecule has 1 aromatic heterocycles. The largest absolute Gasteiger partial charge is 0.374 e. The number of rotatable bonds is 4. The molecule has 3 unspecified atom stereocenters. The monoisotopic (exact) mass is 342 g/mol. The first-order valence-electron chi connectivity index (χ1n) is 9.45. The summed E-state index contributed by atoms with van der Waals surface area (Å²) in [7, 11) is 0. The van der Waals surface area contributed by atoms with Gasteiger partial charge in [-0.3, -0.25) is 9.78 Å². The van der Waals surface area contributed by atoms with Crippen LogP contribution in [-0.4, -0.2) is 47.2 Å². The Morgan fingerprint density at radius 1 is 1.36 bits per heavy atom. The van der Waals surface area contributed by atoms with Crippen molar-refractivity contribution in [1.82, 2.24) is 9.88 Å². The van der Waals surface area contributed by atoms with Crippen LogP contribution >= 0.6 is 0 Å². The SMILES string of the molecule is O=C(C1=CCCCC1)N1CCOC2CCC1C2OCc1cccnc1. The van der Waals surface area contributed by atoms with E-state index < -0.39 is 0 Å². The van der Waals surface area contributed by atoms with Gasteiger partial charge in [-0.2, -0.15) is 0 Å².